The number of nitrogens with zero attached hydrogens (tertiary/aromatic N) is 3. The number of nitrogens with one attached hydrogen (secondary N) is 1. The van der Waals surface area contributed by atoms with Crippen LogP contribution in [0.25, 0.3) is 27.8 Å². The third-order valence-electron chi connectivity index (χ3n) is 4.49. The van der Waals surface area contributed by atoms with Crippen molar-refractivity contribution in [1.82, 2.24) is 14.4 Å². The lowest BCUT2D eigenvalue weighted by molar-refractivity contribution is -0.137. The van der Waals surface area contributed by atoms with Crippen molar-refractivity contribution in [2.75, 3.05) is 18.5 Å². The van der Waals surface area contributed by atoms with Crippen LogP contribution >= 0.6 is 0 Å². The Hall–Kier alpha value is -3.13. The van der Waals surface area contributed by atoms with Gasteiger partial charge in [-0.3, -0.25) is 4.40 Å². The highest BCUT2D eigenvalue weighted by Gasteiger charge is 2.33. The van der Waals surface area contributed by atoms with Crippen LogP contribution in [0.1, 0.15) is 25.8 Å². The molecule has 4 aromatic rings. The molecule has 2 heterocycles. The maximum Gasteiger partial charge on any atom is 0.417 e. The molecule has 0 bridgehead atoms. The molecule has 0 amide bonds. The summed E-state index contributed by atoms with van der Waals surface area (Å²) in [6, 6.07) is 10.6. The van der Waals surface area contributed by atoms with Crippen LogP contribution in [-0.2, 0) is 6.18 Å². The van der Waals surface area contributed by atoms with Gasteiger partial charge in [-0.2, -0.15) is 13.2 Å². The molecule has 8 heteroatoms. The predicted molar refractivity (Wildman–Crippen MR) is 112 cm³/mol. The third-order valence-corrected chi connectivity index (χ3v) is 4.49. The van der Waals surface area contributed by atoms with Gasteiger partial charge < -0.3 is 10.4 Å². The summed E-state index contributed by atoms with van der Waals surface area (Å²) in [5.41, 5.74) is 1.78. The van der Waals surface area contributed by atoms with Crippen LogP contribution in [0.5, 0.6) is 0 Å². The summed E-state index contributed by atoms with van der Waals surface area (Å²) in [7, 11) is 0. The Morgan fingerprint density at radius 2 is 1.87 bits per heavy atom. The molecule has 0 aliphatic carbocycles. The Kier molecular flexibility index (Phi) is 6.56. The second-order valence-electron chi connectivity index (χ2n) is 6.33. The molecule has 158 valence electrons. The van der Waals surface area contributed by atoms with E-state index in [1.165, 1.54) is 12.1 Å². The Morgan fingerprint density at radius 1 is 1.10 bits per heavy atom. The summed E-state index contributed by atoms with van der Waals surface area (Å²) in [5, 5.41) is 12.1. The average Bonchev–Trinajstić information content (AvgIpc) is 3.25. The highest BCUT2D eigenvalue weighted by molar-refractivity contribution is 5.87. The van der Waals surface area contributed by atoms with Gasteiger partial charge in [-0.05, 0) is 35.7 Å². The minimum absolute atomic E-state index is 0.0453. The van der Waals surface area contributed by atoms with Crippen LogP contribution in [0, 0.1) is 0 Å². The Bertz CT molecular complexity index is 1140. The van der Waals surface area contributed by atoms with Crippen LogP contribution in [0.4, 0.5) is 19.0 Å². The summed E-state index contributed by atoms with van der Waals surface area (Å²) in [4.78, 5) is 8.87. The molecule has 2 aromatic heterocycles. The molecule has 5 nitrogen and oxygen atoms in total. The van der Waals surface area contributed by atoms with E-state index in [0.717, 1.165) is 11.6 Å². The highest BCUT2D eigenvalue weighted by atomic mass is 19.4. The topological polar surface area (TPSA) is 62.5 Å². The standard InChI is InChI=1S/C20H17F3N4O.C2H6/c21-20(22,23)15-5-2-1-4-14(15)13-6-7-17-16(12-13)26-18(24-8-3-11-28)19-25-9-10-27(17)19;1-2/h1-2,4-7,9-10,12,28H,3,8,11H2,(H,24,26);1-2H3. The Labute approximate surface area is 172 Å². The predicted octanol–water partition coefficient (Wildman–Crippen LogP) is 5.39. The summed E-state index contributed by atoms with van der Waals surface area (Å²) in [5.74, 6) is 0.521. The van der Waals surface area contributed by atoms with E-state index in [4.69, 9.17) is 5.11 Å². The van der Waals surface area contributed by atoms with E-state index in [-0.39, 0.29) is 12.2 Å². The van der Waals surface area contributed by atoms with E-state index < -0.39 is 11.7 Å². The van der Waals surface area contributed by atoms with Gasteiger partial charge in [0, 0.05) is 25.5 Å². The number of imidazole rings is 1. The zero-order valence-corrected chi connectivity index (χ0v) is 16.7. The van der Waals surface area contributed by atoms with Crippen molar-refractivity contribution in [3.05, 3.63) is 60.4 Å². The number of alkyl halides is 3. The zero-order valence-electron chi connectivity index (χ0n) is 16.7. The van der Waals surface area contributed by atoms with Gasteiger partial charge in [0.1, 0.15) is 0 Å². The number of aliphatic hydroxyl groups is 1. The molecule has 0 atom stereocenters. The molecular weight excluding hydrogens is 393 g/mol. The van der Waals surface area contributed by atoms with E-state index in [1.54, 1.807) is 36.7 Å². The first-order valence-electron chi connectivity index (χ1n) is 9.77. The average molecular weight is 416 g/mol. The van der Waals surface area contributed by atoms with Crippen molar-refractivity contribution in [3.8, 4) is 11.1 Å². The number of aliphatic hydroxyl groups excluding tert-OH is 1. The van der Waals surface area contributed by atoms with Crippen molar-refractivity contribution in [2.45, 2.75) is 26.4 Å². The van der Waals surface area contributed by atoms with Crippen LogP contribution < -0.4 is 5.32 Å². The molecule has 0 unspecified atom stereocenters. The van der Waals surface area contributed by atoms with Gasteiger partial charge in [0.15, 0.2) is 11.5 Å². The van der Waals surface area contributed by atoms with Gasteiger partial charge in [-0.1, -0.05) is 38.1 Å². The number of hydrogen-bond acceptors (Lipinski definition) is 4. The van der Waals surface area contributed by atoms with E-state index in [1.807, 2.05) is 18.2 Å². The van der Waals surface area contributed by atoms with E-state index >= 15 is 0 Å². The molecule has 0 saturated carbocycles. The van der Waals surface area contributed by atoms with Crippen molar-refractivity contribution < 1.29 is 18.3 Å². The number of fused-ring (bicyclic) bond motifs is 3. The van der Waals surface area contributed by atoms with E-state index in [9.17, 15) is 13.2 Å². The lowest BCUT2D eigenvalue weighted by atomic mass is 9.99. The summed E-state index contributed by atoms with van der Waals surface area (Å²) < 4.78 is 42.0. The second kappa shape index (κ2) is 9.13. The first-order valence-corrected chi connectivity index (χ1v) is 9.77. The normalized spacial score (nSPS) is 11.4. The number of benzene rings is 2. The van der Waals surface area contributed by atoms with E-state index in [0.29, 0.717) is 35.5 Å². The molecular formula is C22H23F3N4O. The lowest BCUT2D eigenvalue weighted by Crippen LogP contribution is -2.08. The SMILES string of the molecule is CC.OCCCNc1nc2cc(-c3ccccc3C(F)(F)F)ccc2n2ccnc12. The van der Waals surface area contributed by atoms with Crippen LogP contribution in [0.2, 0.25) is 0 Å². The van der Waals surface area contributed by atoms with Crippen LogP contribution in [0.15, 0.2) is 54.9 Å². The van der Waals surface area contributed by atoms with Crippen LogP contribution in [-0.4, -0.2) is 32.6 Å². The van der Waals surface area contributed by atoms with Gasteiger partial charge in [0.25, 0.3) is 0 Å². The summed E-state index contributed by atoms with van der Waals surface area (Å²) in [6.45, 7) is 4.55. The molecule has 0 spiro atoms. The minimum atomic E-state index is -4.44. The molecule has 4 rings (SSSR count). The van der Waals surface area contributed by atoms with Gasteiger partial charge in [-0.25, -0.2) is 9.97 Å². The van der Waals surface area contributed by atoms with Crippen molar-refractivity contribution in [1.29, 1.82) is 0 Å². The fraction of sp³-hybridized carbons (Fsp3) is 0.273. The van der Waals surface area contributed by atoms with Gasteiger partial charge in [-0.15, -0.1) is 0 Å². The molecule has 2 aromatic carbocycles. The maximum atomic E-state index is 13.4. The number of halogens is 3. The third kappa shape index (κ3) is 4.23. The molecule has 30 heavy (non-hydrogen) atoms. The number of hydrogen-bond donors (Lipinski definition) is 2. The quantitative estimate of drug-likeness (QED) is 0.428. The molecule has 0 saturated heterocycles. The fourth-order valence-corrected chi connectivity index (χ4v) is 3.21. The summed E-state index contributed by atoms with van der Waals surface area (Å²) in [6.07, 6.45) is -0.476. The Balaban J connectivity index is 0.00000124. The highest BCUT2D eigenvalue weighted by Crippen LogP contribution is 2.37. The molecule has 0 fully saturated rings. The number of anilines is 1. The van der Waals surface area contributed by atoms with Crippen molar-refractivity contribution >= 4 is 22.5 Å². The summed E-state index contributed by atoms with van der Waals surface area (Å²) >= 11 is 0. The number of aromatic nitrogens is 3. The lowest BCUT2D eigenvalue weighted by Gasteiger charge is -2.14. The molecule has 0 radical (unpaired) electrons. The van der Waals surface area contributed by atoms with Crippen LogP contribution in [0.3, 0.4) is 0 Å². The Morgan fingerprint density at radius 3 is 2.60 bits per heavy atom. The molecule has 0 aliphatic heterocycles. The van der Waals surface area contributed by atoms with Crippen molar-refractivity contribution in [3.63, 3.8) is 0 Å². The maximum absolute atomic E-state index is 13.4. The molecule has 2 N–H and O–H groups in total. The number of rotatable bonds is 5. The largest absolute Gasteiger partial charge is 0.417 e. The fourth-order valence-electron chi connectivity index (χ4n) is 3.21. The molecule has 0 aliphatic rings. The van der Waals surface area contributed by atoms with Gasteiger partial charge >= 0.3 is 6.18 Å². The monoisotopic (exact) mass is 416 g/mol. The first-order chi connectivity index (χ1) is 14.5. The first kappa shape index (κ1) is 21.6. The van der Waals surface area contributed by atoms with Crippen molar-refractivity contribution in [2.24, 2.45) is 0 Å². The van der Waals surface area contributed by atoms with Gasteiger partial charge in [0.05, 0.1) is 16.6 Å². The second-order valence-corrected chi connectivity index (χ2v) is 6.33. The minimum Gasteiger partial charge on any atom is -0.396 e. The zero-order chi connectivity index (χ0) is 21.7. The van der Waals surface area contributed by atoms with Gasteiger partial charge in [0.2, 0.25) is 0 Å². The smallest absolute Gasteiger partial charge is 0.396 e. The van der Waals surface area contributed by atoms with E-state index in [2.05, 4.69) is 15.3 Å².